The molecule has 3 rings (SSSR count). The summed E-state index contributed by atoms with van der Waals surface area (Å²) in [5.41, 5.74) is 0.389. The molecule has 1 unspecified atom stereocenters. The summed E-state index contributed by atoms with van der Waals surface area (Å²) >= 11 is 0. The van der Waals surface area contributed by atoms with E-state index in [1.807, 2.05) is 39.0 Å². The number of nitrogens with one attached hydrogen (secondary N) is 1. The Hall–Kier alpha value is -3.61. The lowest BCUT2D eigenvalue weighted by atomic mass is 10.1. The number of rotatable bonds is 8. The molecule has 7 heteroatoms. The summed E-state index contributed by atoms with van der Waals surface area (Å²) in [6, 6.07) is 13.5. The fourth-order valence-electron chi connectivity index (χ4n) is 2.95. The van der Waals surface area contributed by atoms with Gasteiger partial charge in [0.15, 0.2) is 6.61 Å². The van der Waals surface area contributed by atoms with Gasteiger partial charge < -0.3 is 19.2 Å². The van der Waals surface area contributed by atoms with Crippen molar-refractivity contribution in [3.63, 3.8) is 0 Å². The van der Waals surface area contributed by atoms with Crippen molar-refractivity contribution < 1.29 is 23.5 Å². The number of carbonyl (C=O) groups is 2. The number of esters is 1. The minimum atomic E-state index is -0.753. The van der Waals surface area contributed by atoms with Gasteiger partial charge in [-0.3, -0.25) is 4.79 Å². The zero-order chi connectivity index (χ0) is 22.4. The highest BCUT2D eigenvalue weighted by molar-refractivity contribution is 5.97. The van der Waals surface area contributed by atoms with Gasteiger partial charge in [-0.05, 0) is 49.6 Å². The molecule has 1 aromatic heterocycles. The van der Waals surface area contributed by atoms with E-state index in [2.05, 4.69) is 5.32 Å². The number of fused-ring (bicyclic) bond motifs is 1. The second-order valence-electron chi connectivity index (χ2n) is 7.15. The van der Waals surface area contributed by atoms with Crippen molar-refractivity contribution in [2.24, 2.45) is 0 Å². The summed E-state index contributed by atoms with van der Waals surface area (Å²) in [5.74, 6) is -0.221. The average Bonchev–Trinajstić information content (AvgIpc) is 2.77. The summed E-state index contributed by atoms with van der Waals surface area (Å²) in [5, 5.41) is 3.29. The second kappa shape index (κ2) is 9.93. The molecule has 0 spiro atoms. The van der Waals surface area contributed by atoms with Gasteiger partial charge in [0.1, 0.15) is 22.6 Å². The van der Waals surface area contributed by atoms with E-state index in [-0.39, 0.29) is 29.5 Å². The van der Waals surface area contributed by atoms with Gasteiger partial charge in [-0.1, -0.05) is 32.0 Å². The molecule has 162 valence electrons. The Labute approximate surface area is 180 Å². The van der Waals surface area contributed by atoms with Crippen LogP contribution in [0.2, 0.25) is 0 Å². The Kier molecular flexibility index (Phi) is 7.07. The number of ether oxygens (including phenoxy) is 2. The molecule has 0 fully saturated rings. The van der Waals surface area contributed by atoms with Crippen LogP contribution in [0.5, 0.6) is 11.5 Å². The molecule has 3 aromatic rings. The molecule has 0 aliphatic rings. The van der Waals surface area contributed by atoms with E-state index in [1.54, 1.807) is 18.2 Å². The molecule has 1 atom stereocenters. The molecular formula is C24H25NO6. The molecule has 0 saturated carbocycles. The molecule has 2 aromatic carbocycles. The first-order valence-corrected chi connectivity index (χ1v) is 10.2. The van der Waals surface area contributed by atoms with Gasteiger partial charge in [-0.25, -0.2) is 9.59 Å². The van der Waals surface area contributed by atoms with Crippen molar-refractivity contribution in [2.75, 3.05) is 6.61 Å². The molecule has 7 nitrogen and oxygen atoms in total. The zero-order valence-corrected chi connectivity index (χ0v) is 17.8. The molecule has 0 saturated heterocycles. The Morgan fingerprint density at radius 1 is 1.10 bits per heavy atom. The van der Waals surface area contributed by atoms with Crippen LogP contribution in [0, 0.1) is 0 Å². The highest BCUT2D eigenvalue weighted by Crippen LogP contribution is 2.22. The molecule has 1 amide bonds. The minimum Gasteiger partial charge on any atom is -0.482 e. The molecular weight excluding hydrogens is 398 g/mol. The first-order valence-electron chi connectivity index (χ1n) is 10.2. The lowest BCUT2D eigenvalue weighted by molar-refractivity contribution is -0.136. The smallest absolute Gasteiger partial charge is 0.349 e. The van der Waals surface area contributed by atoms with E-state index in [9.17, 15) is 14.4 Å². The highest BCUT2D eigenvalue weighted by Gasteiger charge is 2.16. The fraction of sp³-hybridized carbons (Fsp3) is 0.292. The Morgan fingerprint density at radius 2 is 1.87 bits per heavy atom. The van der Waals surface area contributed by atoms with Crippen molar-refractivity contribution >= 4 is 22.8 Å². The Bertz CT molecular complexity index is 1150. The standard InChI is InChI=1S/C24H25NO6/c1-4-15(3)25-23(27)19-12-17-10-11-18(13-21(17)31-24(19)28)30-22(26)14-29-20-9-7-6-8-16(20)5-2/h6-13,15H,4-5,14H2,1-3H3,(H,25,27). The van der Waals surface area contributed by atoms with E-state index in [4.69, 9.17) is 13.9 Å². The van der Waals surface area contributed by atoms with Gasteiger partial charge in [0, 0.05) is 17.5 Å². The minimum absolute atomic E-state index is 0.0594. The molecule has 31 heavy (non-hydrogen) atoms. The van der Waals surface area contributed by atoms with Crippen molar-refractivity contribution in [1.82, 2.24) is 5.32 Å². The highest BCUT2D eigenvalue weighted by atomic mass is 16.6. The van der Waals surface area contributed by atoms with Gasteiger partial charge in [0.05, 0.1) is 0 Å². The van der Waals surface area contributed by atoms with Gasteiger partial charge in [-0.2, -0.15) is 0 Å². The molecule has 0 aliphatic carbocycles. The van der Waals surface area contributed by atoms with E-state index < -0.39 is 17.5 Å². The van der Waals surface area contributed by atoms with Crippen LogP contribution in [0.15, 0.2) is 57.7 Å². The Morgan fingerprint density at radius 3 is 2.61 bits per heavy atom. The summed E-state index contributed by atoms with van der Waals surface area (Å²) in [7, 11) is 0. The summed E-state index contributed by atoms with van der Waals surface area (Å²) in [6.45, 7) is 5.53. The zero-order valence-electron chi connectivity index (χ0n) is 17.8. The maximum Gasteiger partial charge on any atom is 0.349 e. The van der Waals surface area contributed by atoms with E-state index in [1.165, 1.54) is 12.1 Å². The maximum atomic E-state index is 12.3. The van der Waals surface area contributed by atoms with Crippen LogP contribution >= 0.6 is 0 Å². The maximum absolute atomic E-state index is 12.3. The van der Waals surface area contributed by atoms with Crippen LogP contribution in [-0.2, 0) is 11.2 Å². The number of carbonyl (C=O) groups excluding carboxylic acids is 2. The third-order valence-corrected chi connectivity index (χ3v) is 4.87. The van der Waals surface area contributed by atoms with Gasteiger partial charge >= 0.3 is 11.6 Å². The van der Waals surface area contributed by atoms with Crippen LogP contribution in [-0.4, -0.2) is 24.5 Å². The predicted molar refractivity (Wildman–Crippen MR) is 117 cm³/mol. The lowest BCUT2D eigenvalue weighted by Crippen LogP contribution is -2.34. The van der Waals surface area contributed by atoms with Crippen molar-refractivity contribution in [3.8, 4) is 11.5 Å². The summed E-state index contributed by atoms with van der Waals surface area (Å²) in [4.78, 5) is 36.7. The van der Waals surface area contributed by atoms with E-state index in [0.717, 1.165) is 18.4 Å². The molecule has 0 radical (unpaired) electrons. The summed E-state index contributed by atoms with van der Waals surface area (Å²) < 4.78 is 16.1. The monoisotopic (exact) mass is 423 g/mol. The van der Waals surface area contributed by atoms with Crippen molar-refractivity contribution in [2.45, 2.75) is 39.7 Å². The first-order chi connectivity index (χ1) is 14.9. The van der Waals surface area contributed by atoms with Crippen molar-refractivity contribution in [3.05, 3.63) is 70.1 Å². The van der Waals surface area contributed by atoms with Crippen LogP contribution in [0.1, 0.15) is 43.1 Å². The number of amides is 1. The number of aryl methyl sites for hydroxylation is 1. The average molecular weight is 423 g/mol. The normalized spacial score (nSPS) is 11.7. The van der Waals surface area contributed by atoms with E-state index in [0.29, 0.717) is 11.1 Å². The quantitative estimate of drug-likeness (QED) is 0.336. The van der Waals surface area contributed by atoms with Crippen molar-refractivity contribution in [1.29, 1.82) is 0 Å². The van der Waals surface area contributed by atoms with E-state index >= 15 is 0 Å². The van der Waals surface area contributed by atoms with Crippen LogP contribution in [0.3, 0.4) is 0 Å². The second-order valence-corrected chi connectivity index (χ2v) is 7.15. The number of hydrogen-bond donors (Lipinski definition) is 1. The van der Waals surface area contributed by atoms with Gasteiger partial charge in [0.25, 0.3) is 5.91 Å². The SMILES string of the molecule is CCc1ccccc1OCC(=O)Oc1ccc2cc(C(=O)NC(C)CC)c(=O)oc2c1. The third-order valence-electron chi connectivity index (χ3n) is 4.87. The molecule has 1 N–H and O–H groups in total. The first kappa shape index (κ1) is 22.1. The van der Waals surface area contributed by atoms with Gasteiger partial charge in [-0.15, -0.1) is 0 Å². The van der Waals surface area contributed by atoms with Crippen LogP contribution in [0.4, 0.5) is 0 Å². The number of para-hydroxylation sites is 1. The van der Waals surface area contributed by atoms with Crippen LogP contribution in [0.25, 0.3) is 11.0 Å². The number of hydrogen-bond acceptors (Lipinski definition) is 6. The Balaban J connectivity index is 1.71. The number of benzene rings is 2. The molecule has 1 heterocycles. The largest absolute Gasteiger partial charge is 0.482 e. The van der Waals surface area contributed by atoms with Gasteiger partial charge in [0.2, 0.25) is 0 Å². The topological polar surface area (TPSA) is 94.8 Å². The fourth-order valence-corrected chi connectivity index (χ4v) is 2.95. The third kappa shape index (κ3) is 5.51. The molecule has 0 bridgehead atoms. The summed E-state index contributed by atoms with van der Waals surface area (Å²) in [6.07, 6.45) is 1.53. The van der Waals surface area contributed by atoms with Crippen LogP contribution < -0.4 is 20.4 Å². The lowest BCUT2D eigenvalue weighted by Gasteiger charge is -2.11. The predicted octanol–water partition coefficient (Wildman–Crippen LogP) is 3.87. The molecule has 0 aliphatic heterocycles.